The van der Waals surface area contributed by atoms with Gasteiger partial charge in [0, 0.05) is 23.1 Å². The number of benzene rings is 2. The van der Waals surface area contributed by atoms with Gasteiger partial charge in [0.05, 0.1) is 37.9 Å². The number of esters is 1. The number of nitrogens with zero attached hydrogens (tertiary/aromatic N) is 1. The van der Waals surface area contributed by atoms with Crippen LogP contribution in [-0.4, -0.2) is 25.1 Å². The first-order valence-electron chi connectivity index (χ1n) is 7.59. The number of non-ortho nitro benzene ring substituents is 1. The maximum Gasteiger partial charge on any atom is 0.315 e. The number of furan rings is 1. The number of ether oxygens (including phenoxy) is 3. The molecule has 0 aliphatic carbocycles. The van der Waals surface area contributed by atoms with Gasteiger partial charge in [-0.2, -0.15) is 0 Å². The summed E-state index contributed by atoms with van der Waals surface area (Å²) in [6, 6.07) is 9.06. The predicted octanol–water partition coefficient (Wildman–Crippen LogP) is 3.51. The van der Waals surface area contributed by atoms with Crippen LogP contribution in [0.5, 0.6) is 17.2 Å². The number of carbonyl (C=O) groups is 1. The van der Waals surface area contributed by atoms with Crippen LogP contribution in [0, 0.1) is 10.1 Å². The number of methoxy groups -OCH3 is 2. The van der Waals surface area contributed by atoms with Crippen molar-refractivity contribution in [1.29, 1.82) is 0 Å². The summed E-state index contributed by atoms with van der Waals surface area (Å²) < 4.78 is 20.9. The molecule has 3 rings (SSSR count). The SMILES string of the molecule is COc1ccc2c(CC(=O)Oc3cc([N+](=O)[O-])ccc3OC)coc2c1. The number of carbonyl (C=O) groups excluding carboxylic acids is 1. The second-order valence-electron chi connectivity index (χ2n) is 5.37. The summed E-state index contributed by atoms with van der Waals surface area (Å²) in [6.45, 7) is 0. The van der Waals surface area contributed by atoms with E-state index in [0.29, 0.717) is 16.9 Å². The van der Waals surface area contributed by atoms with E-state index in [0.717, 1.165) is 11.5 Å². The van der Waals surface area contributed by atoms with Crippen LogP contribution < -0.4 is 14.2 Å². The zero-order valence-electron chi connectivity index (χ0n) is 14.1. The van der Waals surface area contributed by atoms with Gasteiger partial charge in [-0.3, -0.25) is 14.9 Å². The minimum atomic E-state index is -0.595. The van der Waals surface area contributed by atoms with Crippen LogP contribution in [-0.2, 0) is 11.2 Å². The van der Waals surface area contributed by atoms with Gasteiger partial charge in [0.25, 0.3) is 5.69 Å². The Hall–Kier alpha value is -3.55. The molecule has 26 heavy (non-hydrogen) atoms. The number of rotatable bonds is 6. The standard InChI is InChI=1S/C18H15NO7/c1-23-13-4-5-14-11(10-25-16(14)9-13)7-18(20)26-17-8-12(19(21)22)3-6-15(17)24-2/h3-6,8-10H,7H2,1-2H3. The van der Waals surface area contributed by atoms with E-state index in [2.05, 4.69) is 0 Å². The molecule has 1 aromatic heterocycles. The minimum Gasteiger partial charge on any atom is -0.497 e. The van der Waals surface area contributed by atoms with Crippen molar-refractivity contribution >= 4 is 22.6 Å². The van der Waals surface area contributed by atoms with Crippen molar-refractivity contribution in [3.8, 4) is 17.2 Å². The third-order valence-electron chi connectivity index (χ3n) is 3.78. The zero-order chi connectivity index (χ0) is 18.7. The Balaban J connectivity index is 1.81. The molecule has 8 nitrogen and oxygen atoms in total. The van der Waals surface area contributed by atoms with Gasteiger partial charge >= 0.3 is 5.97 Å². The number of hydrogen-bond donors (Lipinski definition) is 0. The van der Waals surface area contributed by atoms with Gasteiger partial charge in [0.2, 0.25) is 0 Å². The summed E-state index contributed by atoms with van der Waals surface area (Å²) >= 11 is 0. The van der Waals surface area contributed by atoms with Crippen molar-refractivity contribution in [1.82, 2.24) is 0 Å². The quantitative estimate of drug-likeness (QED) is 0.288. The molecule has 0 amide bonds. The number of nitro benzene ring substituents is 1. The van der Waals surface area contributed by atoms with E-state index in [1.54, 1.807) is 25.3 Å². The van der Waals surface area contributed by atoms with Gasteiger partial charge in [0.15, 0.2) is 11.5 Å². The molecular formula is C18H15NO7. The predicted molar refractivity (Wildman–Crippen MR) is 91.8 cm³/mol. The fourth-order valence-corrected chi connectivity index (χ4v) is 2.50. The highest BCUT2D eigenvalue weighted by Gasteiger charge is 2.17. The van der Waals surface area contributed by atoms with Crippen LogP contribution in [0.3, 0.4) is 0 Å². The lowest BCUT2D eigenvalue weighted by atomic mass is 10.1. The third-order valence-corrected chi connectivity index (χ3v) is 3.78. The minimum absolute atomic E-state index is 0.0128. The largest absolute Gasteiger partial charge is 0.497 e. The maximum absolute atomic E-state index is 12.3. The van der Waals surface area contributed by atoms with E-state index < -0.39 is 10.9 Å². The Morgan fingerprint density at radius 1 is 1.12 bits per heavy atom. The van der Waals surface area contributed by atoms with E-state index in [9.17, 15) is 14.9 Å². The van der Waals surface area contributed by atoms with Gasteiger partial charge in [0.1, 0.15) is 11.3 Å². The molecule has 0 unspecified atom stereocenters. The third kappa shape index (κ3) is 3.44. The van der Waals surface area contributed by atoms with E-state index in [1.807, 2.05) is 0 Å². The molecule has 134 valence electrons. The van der Waals surface area contributed by atoms with Crippen LogP contribution in [0.2, 0.25) is 0 Å². The van der Waals surface area contributed by atoms with Gasteiger partial charge in [-0.15, -0.1) is 0 Å². The summed E-state index contributed by atoms with van der Waals surface area (Å²) in [6.07, 6.45) is 1.40. The smallest absolute Gasteiger partial charge is 0.315 e. The summed E-state index contributed by atoms with van der Waals surface area (Å²) in [5.41, 5.74) is 1.02. The van der Waals surface area contributed by atoms with Crippen LogP contribution in [0.15, 0.2) is 47.1 Å². The van der Waals surface area contributed by atoms with Crippen LogP contribution in [0.25, 0.3) is 11.0 Å². The van der Waals surface area contributed by atoms with Crippen molar-refractivity contribution in [3.05, 3.63) is 58.3 Å². The lowest BCUT2D eigenvalue weighted by Gasteiger charge is -2.08. The van der Waals surface area contributed by atoms with Crippen LogP contribution >= 0.6 is 0 Å². The lowest BCUT2D eigenvalue weighted by Crippen LogP contribution is -2.11. The molecule has 0 saturated carbocycles. The molecule has 0 aliphatic rings. The molecule has 0 atom stereocenters. The second kappa shape index (κ2) is 7.14. The summed E-state index contributed by atoms with van der Waals surface area (Å²) in [5, 5.41) is 11.7. The van der Waals surface area contributed by atoms with Crippen molar-refractivity contribution in [3.63, 3.8) is 0 Å². The van der Waals surface area contributed by atoms with Crippen molar-refractivity contribution in [2.75, 3.05) is 14.2 Å². The Bertz CT molecular complexity index is 977. The highest BCUT2D eigenvalue weighted by Crippen LogP contribution is 2.32. The molecule has 0 saturated heterocycles. The molecule has 0 N–H and O–H groups in total. The first-order valence-corrected chi connectivity index (χ1v) is 7.59. The van der Waals surface area contributed by atoms with E-state index in [1.165, 1.54) is 25.5 Å². The monoisotopic (exact) mass is 357 g/mol. The fourth-order valence-electron chi connectivity index (χ4n) is 2.50. The summed E-state index contributed by atoms with van der Waals surface area (Å²) in [7, 11) is 2.93. The topological polar surface area (TPSA) is 101 Å². The number of fused-ring (bicyclic) bond motifs is 1. The highest BCUT2D eigenvalue weighted by molar-refractivity contribution is 5.87. The first-order chi connectivity index (χ1) is 12.5. The van der Waals surface area contributed by atoms with Crippen molar-refractivity contribution in [2.45, 2.75) is 6.42 Å². The molecule has 0 bridgehead atoms. The Kier molecular flexibility index (Phi) is 4.74. The zero-order valence-corrected chi connectivity index (χ0v) is 14.1. The fraction of sp³-hybridized carbons (Fsp3) is 0.167. The average Bonchev–Trinajstić information content (AvgIpc) is 3.03. The molecule has 8 heteroatoms. The van der Waals surface area contributed by atoms with Gasteiger partial charge in [-0.25, -0.2) is 0 Å². The molecule has 0 spiro atoms. The second-order valence-corrected chi connectivity index (χ2v) is 5.37. The van der Waals surface area contributed by atoms with Crippen LogP contribution in [0.1, 0.15) is 5.56 Å². The Morgan fingerprint density at radius 3 is 2.62 bits per heavy atom. The number of nitro groups is 1. The lowest BCUT2D eigenvalue weighted by molar-refractivity contribution is -0.384. The Morgan fingerprint density at radius 2 is 1.92 bits per heavy atom. The Labute approximate surface area is 148 Å². The first kappa shape index (κ1) is 17.3. The summed E-state index contributed by atoms with van der Waals surface area (Å²) in [5.74, 6) is 0.261. The van der Waals surface area contributed by atoms with E-state index in [4.69, 9.17) is 18.6 Å². The van der Waals surface area contributed by atoms with Gasteiger partial charge in [-0.05, 0) is 18.2 Å². The molecular weight excluding hydrogens is 342 g/mol. The molecule has 0 aliphatic heterocycles. The van der Waals surface area contributed by atoms with Crippen LogP contribution in [0.4, 0.5) is 5.69 Å². The normalized spacial score (nSPS) is 10.5. The average molecular weight is 357 g/mol. The number of hydrogen-bond acceptors (Lipinski definition) is 7. The molecule has 2 aromatic carbocycles. The molecule has 0 fully saturated rings. The van der Waals surface area contributed by atoms with Crippen molar-refractivity contribution in [2.24, 2.45) is 0 Å². The molecule has 0 radical (unpaired) electrons. The van der Waals surface area contributed by atoms with Crippen molar-refractivity contribution < 1.29 is 28.3 Å². The van der Waals surface area contributed by atoms with Gasteiger partial charge < -0.3 is 18.6 Å². The molecule has 3 aromatic rings. The summed E-state index contributed by atoms with van der Waals surface area (Å²) in [4.78, 5) is 22.6. The maximum atomic E-state index is 12.3. The highest BCUT2D eigenvalue weighted by atomic mass is 16.6. The van der Waals surface area contributed by atoms with E-state index >= 15 is 0 Å². The van der Waals surface area contributed by atoms with Gasteiger partial charge in [-0.1, -0.05) is 0 Å². The molecule has 1 heterocycles. The van der Waals surface area contributed by atoms with E-state index in [-0.39, 0.29) is 23.6 Å².